The third kappa shape index (κ3) is 5.61. The lowest BCUT2D eigenvalue weighted by Crippen LogP contribution is -2.46. The number of carbonyl (C=O) groups excluding carboxylic acids is 1. The van der Waals surface area contributed by atoms with E-state index in [1.807, 2.05) is 6.92 Å². The van der Waals surface area contributed by atoms with E-state index >= 15 is 0 Å². The maximum Gasteiger partial charge on any atom is 0.336 e. The van der Waals surface area contributed by atoms with Crippen molar-refractivity contribution < 1.29 is 33.6 Å². The summed E-state index contributed by atoms with van der Waals surface area (Å²) < 4.78 is 20.6. The lowest BCUT2D eigenvalue weighted by molar-refractivity contribution is -0.176. The van der Waals surface area contributed by atoms with E-state index in [4.69, 9.17) is 18.9 Å². The number of hydrogen-bond acceptors (Lipinski definition) is 6. The van der Waals surface area contributed by atoms with Gasteiger partial charge >= 0.3 is 11.9 Å². The minimum atomic E-state index is -1.17. The molecule has 3 unspecified atom stereocenters. The van der Waals surface area contributed by atoms with Crippen LogP contribution in [0.4, 0.5) is 0 Å². The molecule has 0 aliphatic carbocycles. The van der Waals surface area contributed by atoms with E-state index in [1.54, 1.807) is 0 Å². The highest BCUT2D eigenvalue weighted by Gasteiger charge is 2.42. The number of methoxy groups -OCH3 is 1. The average molecular weight is 304 g/mol. The number of carboxylic acid groups (broad SMARTS) is 1. The first kappa shape index (κ1) is 17.9. The minimum Gasteiger partial charge on any atom is -0.481 e. The Labute approximate surface area is 124 Å². The first-order valence-electron chi connectivity index (χ1n) is 7.23. The summed E-state index contributed by atoms with van der Waals surface area (Å²) in [7, 11) is 1.30. The molecule has 7 nitrogen and oxygen atoms in total. The van der Waals surface area contributed by atoms with Crippen LogP contribution in [0.5, 0.6) is 0 Å². The quantitative estimate of drug-likeness (QED) is 0.499. The zero-order valence-corrected chi connectivity index (χ0v) is 12.6. The first-order chi connectivity index (χ1) is 10.1. The Morgan fingerprint density at radius 1 is 1.33 bits per heavy atom. The zero-order chi connectivity index (χ0) is 15.7. The summed E-state index contributed by atoms with van der Waals surface area (Å²) in [6, 6.07) is 0. The molecule has 1 saturated heterocycles. The van der Waals surface area contributed by atoms with Crippen LogP contribution >= 0.6 is 0 Å². The van der Waals surface area contributed by atoms with Crippen LogP contribution in [0, 0.1) is 5.92 Å². The molecule has 1 aliphatic heterocycles. The monoisotopic (exact) mass is 304 g/mol. The Balaban J connectivity index is 2.63. The fourth-order valence-corrected chi connectivity index (χ4v) is 2.35. The van der Waals surface area contributed by atoms with Gasteiger partial charge in [0.05, 0.1) is 12.7 Å². The van der Waals surface area contributed by atoms with E-state index in [0.29, 0.717) is 19.6 Å². The number of aliphatic carboxylic acids is 1. The van der Waals surface area contributed by atoms with Crippen LogP contribution in [0.2, 0.25) is 0 Å². The van der Waals surface area contributed by atoms with Crippen LogP contribution in [0.1, 0.15) is 26.2 Å². The molecule has 0 spiro atoms. The van der Waals surface area contributed by atoms with Gasteiger partial charge < -0.3 is 24.1 Å². The van der Waals surface area contributed by atoms with Crippen molar-refractivity contribution in [1.82, 2.24) is 0 Å². The number of hydrogen-bond donors (Lipinski definition) is 1. The molecule has 1 N–H and O–H groups in total. The highest BCUT2D eigenvalue weighted by molar-refractivity contribution is 5.83. The normalized spacial score (nSPS) is 21.5. The van der Waals surface area contributed by atoms with Crippen molar-refractivity contribution in [3.8, 4) is 0 Å². The van der Waals surface area contributed by atoms with Gasteiger partial charge in [0.15, 0.2) is 6.10 Å². The highest BCUT2D eigenvalue weighted by Crippen LogP contribution is 2.25. The molecule has 0 radical (unpaired) electrons. The molecule has 0 aromatic rings. The summed E-state index contributed by atoms with van der Waals surface area (Å²) >= 11 is 0. The molecular weight excluding hydrogens is 280 g/mol. The number of rotatable bonds is 9. The van der Waals surface area contributed by atoms with Gasteiger partial charge in [-0.05, 0) is 26.2 Å². The van der Waals surface area contributed by atoms with Crippen LogP contribution in [-0.2, 0) is 28.5 Å². The summed E-state index contributed by atoms with van der Waals surface area (Å²) in [5, 5.41) is 9.39. The molecule has 3 atom stereocenters. The Morgan fingerprint density at radius 3 is 2.62 bits per heavy atom. The molecule has 1 rings (SSSR count). The lowest BCUT2D eigenvalue weighted by atomic mass is 9.90. The lowest BCUT2D eigenvalue weighted by Gasteiger charge is -2.31. The van der Waals surface area contributed by atoms with Crippen molar-refractivity contribution in [2.45, 2.75) is 38.4 Å². The second-order valence-electron chi connectivity index (χ2n) is 4.79. The SMILES string of the molecule is CCOCCOC(=O)C(OC)C(C(=O)O)C1CCCCO1. The van der Waals surface area contributed by atoms with Gasteiger partial charge in [0.25, 0.3) is 0 Å². The van der Waals surface area contributed by atoms with E-state index in [1.165, 1.54) is 7.11 Å². The number of carboxylic acids is 1. The second-order valence-corrected chi connectivity index (χ2v) is 4.79. The van der Waals surface area contributed by atoms with Crippen molar-refractivity contribution in [2.75, 3.05) is 33.5 Å². The molecule has 1 fully saturated rings. The van der Waals surface area contributed by atoms with Crippen molar-refractivity contribution in [1.29, 1.82) is 0 Å². The van der Waals surface area contributed by atoms with Crippen molar-refractivity contribution in [2.24, 2.45) is 5.92 Å². The second kappa shape index (κ2) is 9.70. The van der Waals surface area contributed by atoms with Crippen molar-refractivity contribution in [3.63, 3.8) is 0 Å². The maximum atomic E-state index is 12.0. The van der Waals surface area contributed by atoms with Gasteiger partial charge in [0.2, 0.25) is 0 Å². The minimum absolute atomic E-state index is 0.0738. The molecule has 7 heteroatoms. The van der Waals surface area contributed by atoms with Crippen LogP contribution in [-0.4, -0.2) is 62.8 Å². The van der Waals surface area contributed by atoms with E-state index in [-0.39, 0.29) is 13.2 Å². The molecule has 0 aromatic heterocycles. The van der Waals surface area contributed by atoms with Crippen LogP contribution < -0.4 is 0 Å². The Kier molecular flexibility index (Phi) is 8.26. The van der Waals surface area contributed by atoms with Crippen LogP contribution in [0.25, 0.3) is 0 Å². The van der Waals surface area contributed by atoms with Gasteiger partial charge in [-0.3, -0.25) is 4.79 Å². The largest absolute Gasteiger partial charge is 0.481 e. The van der Waals surface area contributed by atoms with E-state index in [2.05, 4.69) is 0 Å². The van der Waals surface area contributed by atoms with Crippen LogP contribution in [0.15, 0.2) is 0 Å². The van der Waals surface area contributed by atoms with Crippen LogP contribution in [0.3, 0.4) is 0 Å². The standard InChI is InChI=1S/C14H24O7/c1-3-19-8-9-21-14(17)12(18-2)11(13(15)16)10-6-4-5-7-20-10/h10-12H,3-9H2,1-2H3,(H,15,16). The molecule has 0 bridgehead atoms. The summed E-state index contributed by atoms with van der Waals surface area (Å²) in [6.45, 7) is 3.21. The number of esters is 1. The van der Waals surface area contributed by atoms with Crippen molar-refractivity contribution >= 4 is 11.9 Å². The molecule has 0 aromatic carbocycles. The van der Waals surface area contributed by atoms with Gasteiger partial charge in [-0.2, -0.15) is 0 Å². The van der Waals surface area contributed by atoms with Gasteiger partial charge in [0.1, 0.15) is 12.5 Å². The van der Waals surface area contributed by atoms with Gasteiger partial charge in [-0.25, -0.2) is 4.79 Å². The summed E-state index contributed by atoms with van der Waals surface area (Å²) in [6.07, 6.45) is 0.681. The van der Waals surface area contributed by atoms with E-state index in [0.717, 1.165) is 12.8 Å². The Bertz CT molecular complexity index is 325. The highest BCUT2D eigenvalue weighted by atomic mass is 16.6. The number of carbonyl (C=O) groups is 2. The maximum absolute atomic E-state index is 12.0. The average Bonchev–Trinajstić information content (AvgIpc) is 2.49. The van der Waals surface area contributed by atoms with E-state index < -0.39 is 30.1 Å². The van der Waals surface area contributed by atoms with Gasteiger partial charge in [0, 0.05) is 20.3 Å². The Hall–Kier alpha value is -1.18. The Morgan fingerprint density at radius 2 is 2.10 bits per heavy atom. The molecule has 122 valence electrons. The predicted octanol–water partition coefficient (Wildman–Crippen LogP) is 0.851. The van der Waals surface area contributed by atoms with Gasteiger partial charge in [-0.1, -0.05) is 0 Å². The molecule has 21 heavy (non-hydrogen) atoms. The third-order valence-corrected chi connectivity index (χ3v) is 3.39. The van der Waals surface area contributed by atoms with Gasteiger partial charge in [-0.15, -0.1) is 0 Å². The molecule has 0 saturated carbocycles. The third-order valence-electron chi connectivity index (χ3n) is 3.39. The van der Waals surface area contributed by atoms with E-state index in [9.17, 15) is 14.7 Å². The van der Waals surface area contributed by atoms with Crippen molar-refractivity contribution in [3.05, 3.63) is 0 Å². The zero-order valence-electron chi connectivity index (χ0n) is 12.6. The first-order valence-corrected chi connectivity index (χ1v) is 7.23. The molecule has 1 aliphatic rings. The molecule has 1 heterocycles. The fraction of sp³-hybridized carbons (Fsp3) is 0.857. The summed E-state index contributed by atoms with van der Waals surface area (Å²) in [5.74, 6) is -2.87. The topological polar surface area (TPSA) is 91.3 Å². The summed E-state index contributed by atoms with van der Waals surface area (Å²) in [5.41, 5.74) is 0. The molecule has 0 amide bonds. The molecular formula is C14H24O7. The summed E-state index contributed by atoms with van der Waals surface area (Å²) in [4.78, 5) is 23.5. The predicted molar refractivity (Wildman–Crippen MR) is 73.0 cm³/mol. The number of ether oxygens (including phenoxy) is 4. The smallest absolute Gasteiger partial charge is 0.336 e. The fourth-order valence-electron chi connectivity index (χ4n) is 2.35.